The molecule has 0 unspecified atom stereocenters. The van der Waals surface area contributed by atoms with Crippen LogP contribution in [0.15, 0.2) is 48.5 Å². The van der Waals surface area contributed by atoms with Crippen LogP contribution in [-0.4, -0.2) is 35.2 Å². The van der Waals surface area contributed by atoms with E-state index in [2.05, 4.69) is 69.4 Å². The monoisotopic (exact) mass is 463 g/mol. The van der Waals surface area contributed by atoms with Gasteiger partial charge in [0.1, 0.15) is 23.7 Å². The first kappa shape index (κ1) is 21.2. The van der Waals surface area contributed by atoms with Gasteiger partial charge in [-0.2, -0.15) is 0 Å². The highest BCUT2D eigenvalue weighted by Crippen LogP contribution is 2.38. The van der Waals surface area contributed by atoms with Gasteiger partial charge in [0.25, 0.3) is 0 Å². The van der Waals surface area contributed by atoms with Crippen LogP contribution in [0.3, 0.4) is 0 Å². The number of rotatable bonds is 4. The molecule has 0 fully saturated rings. The molecule has 4 heterocycles. The maximum absolute atomic E-state index is 6.23. The van der Waals surface area contributed by atoms with Crippen molar-refractivity contribution in [3.05, 3.63) is 93.7 Å². The first-order chi connectivity index (χ1) is 17.1. The van der Waals surface area contributed by atoms with Gasteiger partial charge in [0.05, 0.1) is 6.54 Å². The second kappa shape index (κ2) is 8.47. The SMILES string of the molecule is CCc1nc2c(C)cc(C)nc2n1Cc1ccc2c(c1)COc1ccccc1C2=Cc1nnn[nH]1. The van der Waals surface area contributed by atoms with Gasteiger partial charge in [-0.15, -0.1) is 5.10 Å². The molecule has 0 radical (unpaired) electrons. The van der Waals surface area contributed by atoms with Gasteiger partial charge in [0.2, 0.25) is 0 Å². The Bertz CT molecular complexity index is 1580. The Morgan fingerprint density at radius 3 is 2.77 bits per heavy atom. The van der Waals surface area contributed by atoms with Crippen molar-refractivity contribution >= 4 is 22.8 Å². The van der Waals surface area contributed by atoms with Gasteiger partial charge in [-0.25, -0.2) is 15.1 Å². The highest BCUT2D eigenvalue weighted by Gasteiger charge is 2.21. The Morgan fingerprint density at radius 1 is 1.06 bits per heavy atom. The molecular weight excluding hydrogens is 438 g/mol. The summed E-state index contributed by atoms with van der Waals surface area (Å²) >= 11 is 0. The lowest BCUT2D eigenvalue weighted by molar-refractivity contribution is 0.307. The second-order valence-electron chi connectivity index (χ2n) is 8.84. The van der Waals surface area contributed by atoms with E-state index in [-0.39, 0.29) is 0 Å². The van der Waals surface area contributed by atoms with Crippen LogP contribution in [0.2, 0.25) is 0 Å². The topological polar surface area (TPSA) is 94.4 Å². The van der Waals surface area contributed by atoms with Gasteiger partial charge >= 0.3 is 0 Å². The summed E-state index contributed by atoms with van der Waals surface area (Å²) in [5.41, 5.74) is 9.51. The molecule has 0 saturated heterocycles. The average molecular weight is 464 g/mol. The number of hydrogen-bond donors (Lipinski definition) is 1. The van der Waals surface area contributed by atoms with Crippen molar-refractivity contribution in [2.45, 2.75) is 40.3 Å². The molecule has 3 aromatic heterocycles. The molecule has 2 aromatic carbocycles. The molecule has 5 aromatic rings. The average Bonchev–Trinajstić information content (AvgIpc) is 3.46. The van der Waals surface area contributed by atoms with Crippen molar-refractivity contribution in [1.82, 2.24) is 35.2 Å². The van der Waals surface area contributed by atoms with Gasteiger partial charge in [-0.05, 0) is 76.4 Å². The van der Waals surface area contributed by atoms with Crippen molar-refractivity contribution in [2.24, 2.45) is 0 Å². The van der Waals surface area contributed by atoms with Gasteiger partial charge < -0.3 is 9.30 Å². The summed E-state index contributed by atoms with van der Waals surface area (Å²) in [7, 11) is 0. The molecule has 1 aliphatic rings. The zero-order chi connectivity index (χ0) is 23.9. The fraction of sp³-hybridized carbons (Fsp3) is 0.222. The van der Waals surface area contributed by atoms with Crippen LogP contribution in [0, 0.1) is 13.8 Å². The number of hydrogen-bond acceptors (Lipinski definition) is 6. The molecule has 0 atom stereocenters. The number of nitrogens with zero attached hydrogens (tertiary/aromatic N) is 6. The summed E-state index contributed by atoms with van der Waals surface area (Å²) in [6.07, 6.45) is 2.82. The summed E-state index contributed by atoms with van der Waals surface area (Å²) in [4.78, 5) is 9.72. The van der Waals surface area contributed by atoms with Crippen LogP contribution in [0.5, 0.6) is 5.75 Å². The highest BCUT2D eigenvalue weighted by atomic mass is 16.5. The molecule has 1 N–H and O–H groups in total. The van der Waals surface area contributed by atoms with Gasteiger partial charge in [-0.1, -0.05) is 37.3 Å². The van der Waals surface area contributed by atoms with E-state index in [1.54, 1.807) is 0 Å². The van der Waals surface area contributed by atoms with E-state index >= 15 is 0 Å². The van der Waals surface area contributed by atoms with Crippen molar-refractivity contribution in [1.29, 1.82) is 0 Å². The molecule has 0 aliphatic carbocycles. The summed E-state index contributed by atoms with van der Waals surface area (Å²) in [5, 5.41) is 14.3. The van der Waals surface area contributed by atoms with E-state index in [1.165, 1.54) is 5.56 Å². The number of tetrazole rings is 1. The number of aromatic amines is 1. The third kappa shape index (κ3) is 3.77. The maximum atomic E-state index is 6.23. The number of para-hydroxylation sites is 1. The number of pyridine rings is 1. The van der Waals surface area contributed by atoms with Gasteiger partial charge in [0, 0.05) is 17.7 Å². The largest absolute Gasteiger partial charge is 0.488 e. The Kier molecular flexibility index (Phi) is 5.13. The number of nitrogens with one attached hydrogen (secondary N) is 1. The van der Waals surface area contributed by atoms with Crippen molar-refractivity contribution in [3.8, 4) is 5.75 Å². The fourth-order valence-corrected chi connectivity index (χ4v) is 4.83. The smallest absolute Gasteiger partial charge is 0.172 e. The fourth-order valence-electron chi connectivity index (χ4n) is 4.83. The van der Waals surface area contributed by atoms with Crippen molar-refractivity contribution < 1.29 is 4.74 Å². The lowest BCUT2D eigenvalue weighted by Gasteiger charge is -2.13. The summed E-state index contributed by atoms with van der Waals surface area (Å²) < 4.78 is 8.46. The van der Waals surface area contributed by atoms with Crippen LogP contribution in [0.25, 0.3) is 22.8 Å². The van der Waals surface area contributed by atoms with Crippen LogP contribution >= 0.6 is 0 Å². The summed E-state index contributed by atoms with van der Waals surface area (Å²) in [6.45, 7) is 7.44. The molecular formula is C27H25N7O. The van der Waals surface area contributed by atoms with E-state index in [4.69, 9.17) is 14.7 Å². The standard InChI is InChI=1S/C27H25N7O/c1-4-25-29-26-16(2)11-17(3)28-27(26)34(25)14-18-9-10-20-19(12-18)15-35-23-8-6-5-7-21(23)22(20)13-24-30-32-33-31-24/h5-13H,4,14-15H2,1-3H3,(H,30,31,32,33). The number of aryl methyl sites for hydroxylation is 3. The molecule has 0 amide bonds. The third-order valence-corrected chi connectivity index (χ3v) is 6.42. The van der Waals surface area contributed by atoms with Crippen molar-refractivity contribution in [2.75, 3.05) is 0 Å². The first-order valence-corrected chi connectivity index (χ1v) is 11.7. The zero-order valence-electron chi connectivity index (χ0n) is 19.9. The van der Waals surface area contributed by atoms with Gasteiger partial charge in [-0.3, -0.25) is 0 Å². The predicted octanol–water partition coefficient (Wildman–Crippen LogP) is 4.65. The summed E-state index contributed by atoms with van der Waals surface area (Å²) in [6, 6.07) is 16.7. The highest BCUT2D eigenvalue weighted by molar-refractivity contribution is 5.93. The number of fused-ring (bicyclic) bond motifs is 3. The van der Waals surface area contributed by atoms with Crippen LogP contribution in [-0.2, 0) is 19.6 Å². The molecule has 35 heavy (non-hydrogen) atoms. The van der Waals surface area contributed by atoms with E-state index < -0.39 is 0 Å². The van der Waals surface area contributed by atoms with Gasteiger partial charge in [0.15, 0.2) is 11.5 Å². The molecule has 1 aliphatic heterocycles. The predicted molar refractivity (Wildman–Crippen MR) is 134 cm³/mol. The Balaban J connectivity index is 1.45. The Hall–Kier alpha value is -4.33. The Labute approximate surface area is 202 Å². The third-order valence-electron chi connectivity index (χ3n) is 6.42. The Morgan fingerprint density at radius 2 is 1.94 bits per heavy atom. The van der Waals surface area contributed by atoms with E-state index in [0.29, 0.717) is 19.0 Å². The molecule has 8 nitrogen and oxygen atoms in total. The molecule has 174 valence electrons. The van der Waals surface area contributed by atoms with Crippen LogP contribution in [0.1, 0.15) is 52.1 Å². The number of imidazole rings is 1. The minimum Gasteiger partial charge on any atom is -0.488 e. The molecule has 8 heteroatoms. The maximum Gasteiger partial charge on any atom is 0.172 e. The molecule has 0 spiro atoms. The molecule has 0 saturated carbocycles. The van der Waals surface area contributed by atoms with Crippen LogP contribution in [0.4, 0.5) is 0 Å². The van der Waals surface area contributed by atoms with E-state index in [9.17, 15) is 0 Å². The van der Waals surface area contributed by atoms with Crippen molar-refractivity contribution in [3.63, 3.8) is 0 Å². The second-order valence-corrected chi connectivity index (χ2v) is 8.84. The number of H-pyrrole nitrogens is 1. The summed E-state index contributed by atoms with van der Waals surface area (Å²) in [5.74, 6) is 2.48. The quantitative estimate of drug-likeness (QED) is 0.417. The molecule has 6 rings (SSSR count). The van der Waals surface area contributed by atoms with E-state index in [0.717, 1.165) is 62.7 Å². The lowest BCUT2D eigenvalue weighted by atomic mass is 9.92. The minimum absolute atomic E-state index is 0.480. The van der Waals surface area contributed by atoms with E-state index in [1.807, 2.05) is 31.2 Å². The minimum atomic E-state index is 0.480. The number of ether oxygens (including phenoxy) is 1. The molecule has 0 bridgehead atoms. The van der Waals surface area contributed by atoms with Crippen LogP contribution < -0.4 is 4.74 Å². The lowest BCUT2D eigenvalue weighted by Crippen LogP contribution is -2.07. The number of benzene rings is 2. The number of aromatic nitrogens is 7. The normalized spacial score (nSPS) is 14.0. The first-order valence-electron chi connectivity index (χ1n) is 11.7. The zero-order valence-corrected chi connectivity index (χ0v) is 19.9.